The van der Waals surface area contributed by atoms with E-state index in [1.54, 1.807) is 0 Å². The number of hydrogen-bond donors (Lipinski definition) is 1. The zero-order valence-corrected chi connectivity index (χ0v) is 14.5. The number of ether oxygens (including phenoxy) is 1. The van der Waals surface area contributed by atoms with E-state index >= 15 is 0 Å². The number of allylic oxidation sites excluding steroid dienone is 2. The Kier molecular flexibility index (Phi) is 7.26. The highest BCUT2D eigenvalue weighted by Gasteiger charge is 2.22. The molecule has 0 bridgehead atoms. The lowest BCUT2D eigenvalue weighted by Gasteiger charge is -2.28. The number of carbonyl (C=O) groups is 1. The van der Waals surface area contributed by atoms with Crippen molar-refractivity contribution >= 4 is 5.97 Å². The van der Waals surface area contributed by atoms with E-state index in [9.17, 15) is 4.79 Å². The van der Waals surface area contributed by atoms with Crippen LogP contribution in [-0.2, 0) is 4.79 Å². The van der Waals surface area contributed by atoms with Crippen molar-refractivity contribution in [3.8, 4) is 5.75 Å². The van der Waals surface area contributed by atoms with Gasteiger partial charge < -0.3 is 9.84 Å². The third kappa shape index (κ3) is 5.34. The Balaban J connectivity index is 1.84. The van der Waals surface area contributed by atoms with Crippen LogP contribution in [-0.4, -0.2) is 17.7 Å². The molecule has 3 nitrogen and oxygen atoms in total. The number of esters is 1. The second-order valence-corrected chi connectivity index (χ2v) is 6.58. The molecule has 0 unspecified atom stereocenters. The SMILES string of the molecule is C=C(CO)C(=O)Oc1ccc(C2CCC(CC/C=C/C)CC2)cc1. The van der Waals surface area contributed by atoms with Crippen LogP contribution in [0.15, 0.2) is 48.6 Å². The zero-order chi connectivity index (χ0) is 17.4. The summed E-state index contributed by atoms with van der Waals surface area (Å²) < 4.78 is 5.18. The monoisotopic (exact) mass is 328 g/mol. The summed E-state index contributed by atoms with van der Waals surface area (Å²) in [6.45, 7) is 5.17. The number of rotatable bonds is 7. The molecule has 2 rings (SSSR count). The van der Waals surface area contributed by atoms with Gasteiger partial charge in [-0.05, 0) is 75.0 Å². The van der Waals surface area contributed by atoms with Gasteiger partial charge in [-0.25, -0.2) is 4.79 Å². The van der Waals surface area contributed by atoms with E-state index < -0.39 is 5.97 Å². The van der Waals surface area contributed by atoms with Crippen molar-refractivity contribution in [2.75, 3.05) is 6.61 Å². The minimum absolute atomic E-state index is 0.0651. The van der Waals surface area contributed by atoms with Crippen LogP contribution in [0.2, 0.25) is 0 Å². The lowest BCUT2D eigenvalue weighted by molar-refractivity contribution is -0.130. The van der Waals surface area contributed by atoms with Crippen molar-refractivity contribution in [3.05, 3.63) is 54.1 Å². The minimum atomic E-state index is -0.577. The Labute approximate surface area is 145 Å². The number of hydrogen-bond acceptors (Lipinski definition) is 3. The first-order valence-electron chi connectivity index (χ1n) is 8.86. The highest BCUT2D eigenvalue weighted by molar-refractivity contribution is 5.89. The van der Waals surface area contributed by atoms with E-state index in [1.807, 2.05) is 12.1 Å². The maximum absolute atomic E-state index is 11.6. The molecule has 0 spiro atoms. The molecular formula is C21H28O3. The van der Waals surface area contributed by atoms with E-state index in [0.717, 1.165) is 5.92 Å². The largest absolute Gasteiger partial charge is 0.423 e. The average molecular weight is 328 g/mol. The number of aliphatic hydroxyl groups is 1. The molecule has 0 radical (unpaired) electrons. The van der Waals surface area contributed by atoms with Crippen LogP contribution in [0, 0.1) is 5.92 Å². The summed E-state index contributed by atoms with van der Waals surface area (Å²) >= 11 is 0. The van der Waals surface area contributed by atoms with Crippen molar-refractivity contribution in [2.24, 2.45) is 5.92 Å². The van der Waals surface area contributed by atoms with Crippen LogP contribution in [0.4, 0.5) is 0 Å². The summed E-state index contributed by atoms with van der Waals surface area (Å²) in [5.41, 5.74) is 1.39. The van der Waals surface area contributed by atoms with Gasteiger partial charge in [0.2, 0.25) is 0 Å². The second-order valence-electron chi connectivity index (χ2n) is 6.58. The van der Waals surface area contributed by atoms with Gasteiger partial charge in [-0.1, -0.05) is 30.9 Å². The third-order valence-electron chi connectivity index (χ3n) is 4.87. The second kappa shape index (κ2) is 9.43. The highest BCUT2D eigenvalue weighted by Crippen LogP contribution is 2.37. The van der Waals surface area contributed by atoms with Crippen molar-refractivity contribution in [2.45, 2.75) is 51.4 Å². The summed E-state index contributed by atoms with van der Waals surface area (Å²) in [5.74, 6) is 1.40. The Bertz CT molecular complexity index is 563. The van der Waals surface area contributed by atoms with Gasteiger partial charge >= 0.3 is 5.97 Å². The normalized spacial score (nSPS) is 20.9. The van der Waals surface area contributed by atoms with Gasteiger partial charge in [0.05, 0.1) is 12.2 Å². The summed E-state index contributed by atoms with van der Waals surface area (Å²) in [5, 5.41) is 8.88. The van der Waals surface area contributed by atoms with Gasteiger partial charge in [0.1, 0.15) is 5.75 Å². The average Bonchev–Trinajstić information content (AvgIpc) is 2.62. The van der Waals surface area contributed by atoms with Crippen LogP contribution in [0.3, 0.4) is 0 Å². The van der Waals surface area contributed by atoms with Crippen LogP contribution in [0.1, 0.15) is 56.9 Å². The van der Waals surface area contributed by atoms with E-state index in [-0.39, 0.29) is 12.2 Å². The molecule has 1 fully saturated rings. The lowest BCUT2D eigenvalue weighted by Crippen LogP contribution is -2.14. The first-order valence-corrected chi connectivity index (χ1v) is 8.86. The van der Waals surface area contributed by atoms with Gasteiger partial charge in [0.25, 0.3) is 0 Å². The summed E-state index contributed by atoms with van der Waals surface area (Å²) in [6, 6.07) is 7.76. The van der Waals surface area contributed by atoms with Gasteiger partial charge in [-0.2, -0.15) is 0 Å². The predicted molar refractivity (Wildman–Crippen MR) is 97.0 cm³/mol. The van der Waals surface area contributed by atoms with Crippen molar-refractivity contribution < 1.29 is 14.6 Å². The fraction of sp³-hybridized carbons (Fsp3) is 0.476. The van der Waals surface area contributed by atoms with Crippen molar-refractivity contribution in [1.29, 1.82) is 0 Å². The van der Waals surface area contributed by atoms with Gasteiger partial charge in [0, 0.05) is 0 Å². The van der Waals surface area contributed by atoms with Crippen LogP contribution in [0.5, 0.6) is 5.75 Å². The van der Waals surface area contributed by atoms with Crippen LogP contribution >= 0.6 is 0 Å². The van der Waals surface area contributed by atoms with Crippen LogP contribution < -0.4 is 4.74 Å². The molecule has 1 aliphatic rings. The molecule has 0 aromatic heterocycles. The molecule has 1 aliphatic carbocycles. The van der Waals surface area contributed by atoms with E-state index in [2.05, 4.69) is 37.8 Å². The van der Waals surface area contributed by atoms with Crippen molar-refractivity contribution in [1.82, 2.24) is 0 Å². The molecule has 130 valence electrons. The Morgan fingerprint density at radius 2 is 1.92 bits per heavy atom. The number of aliphatic hydroxyl groups excluding tert-OH is 1. The predicted octanol–water partition coefficient (Wildman–Crippen LogP) is 4.77. The maximum Gasteiger partial charge on any atom is 0.341 e. The quantitative estimate of drug-likeness (QED) is 0.339. The number of carbonyl (C=O) groups excluding carboxylic acids is 1. The summed E-state index contributed by atoms with van der Waals surface area (Å²) in [4.78, 5) is 11.6. The molecular weight excluding hydrogens is 300 g/mol. The first kappa shape index (κ1) is 18.5. The molecule has 0 amide bonds. The molecule has 1 aromatic rings. The Hall–Kier alpha value is -1.87. The number of benzene rings is 1. The maximum atomic E-state index is 11.6. The van der Waals surface area contributed by atoms with E-state index in [4.69, 9.17) is 9.84 Å². The molecule has 3 heteroatoms. The highest BCUT2D eigenvalue weighted by atomic mass is 16.5. The Morgan fingerprint density at radius 3 is 2.50 bits per heavy atom. The Morgan fingerprint density at radius 1 is 1.25 bits per heavy atom. The molecule has 24 heavy (non-hydrogen) atoms. The van der Waals surface area contributed by atoms with E-state index in [0.29, 0.717) is 11.7 Å². The van der Waals surface area contributed by atoms with Crippen LogP contribution in [0.25, 0.3) is 0 Å². The molecule has 0 heterocycles. The third-order valence-corrected chi connectivity index (χ3v) is 4.87. The van der Waals surface area contributed by atoms with Gasteiger partial charge in [-0.3, -0.25) is 0 Å². The van der Waals surface area contributed by atoms with E-state index in [1.165, 1.54) is 44.1 Å². The summed E-state index contributed by atoms with van der Waals surface area (Å²) in [7, 11) is 0. The molecule has 1 N–H and O–H groups in total. The standard InChI is InChI=1S/C21H28O3/c1-3-4-5-6-17-7-9-18(10-8-17)19-11-13-20(14-12-19)24-21(23)16(2)15-22/h3-4,11-14,17-18,22H,2,5-10,15H2,1H3/b4-3+. The van der Waals surface area contributed by atoms with Crippen molar-refractivity contribution in [3.63, 3.8) is 0 Å². The van der Waals surface area contributed by atoms with Gasteiger partial charge in [-0.15, -0.1) is 0 Å². The smallest absolute Gasteiger partial charge is 0.341 e. The molecule has 0 saturated heterocycles. The molecule has 1 saturated carbocycles. The first-order chi connectivity index (χ1) is 11.6. The minimum Gasteiger partial charge on any atom is -0.423 e. The lowest BCUT2D eigenvalue weighted by atomic mass is 9.77. The zero-order valence-electron chi connectivity index (χ0n) is 14.5. The topological polar surface area (TPSA) is 46.5 Å². The fourth-order valence-corrected chi connectivity index (χ4v) is 3.33. The fourth-order valence-electron chi connectivity index (χ4n) is 3.33. The summed E-state index contributed by atoms with van der Waals surface area (Å²) in [6.07, 6.45) is 12.0. The molecule has 0 atom stereocenters. The molecule has 0 aliphatic heterocycles. The molecule has 1 aromatic carbocycles. The van der Waals surface area contributed by atoms with Gasteiger partial charge in [0.15, 0.2) is 0 Å².